The molecule has 0 aromatic carbocycles. The van der Waals surface area contributed by atoms with Crippen LogP contribution in [0, 0.1) is 0 Å². The number of amides is 2. The van der Waals surface area contributed by atoms with Crippen LogP contribution in [0.4, 0.5) is 4.79 Å². The number of carbonyl (C=O) groups excluding carboxylic acids is 1. The van der Waals surface area contributed by atoms with Crippen molar-refractivity contribution in [1.82, 2.24) is 10.2 Å². The molecule has 0 aromatic rings. The molecule has 1 aliphatic rings. The molecule has 2 atom stereocenters. The van der Waals surface area contributed by atoms with Crippen LogP contribution in [0.1, 0.15) is 6.42 Å². The summed E-state index contributed by atoms with van der Waals surface area (Å²) in [4.78, 5) is 23.7. The molecule has 2 amide bonds. The van der Waals surface area contributed by atoms with Gasteiger partial charge in [-0.2, -0.15) is 0 Å². The van der Waals surface area contributed by atoms with Gasteiger partial charge in [0, 0.05) is 26.2 Å². The second-order valence-corrected chi connectivity index (χ2v) is 3.74. The Kier molecular flexibility index (Phi) is 4.51. The molecule has 0 aliphatic carbocycles. The number of ether oxygens (including phenoxy) is 1. The van der Waals surface area contributed by atoms with Gasteiger partial charge >= 0.3 is 12.0 Å². The molecule has 1 rings (SSSR count). The summed E-state index contributed by atoms with van der Waals surface area (Å²) >= 11 is 0. The third-order valence-corrected chi connectivity index (χ3v) is 2.51. The molecule has 1 heterocycles. The Bertz CT molecular complexity index is 271. The lowest BCUT2D eigenvalue weighted by atomic mass is 10.3. The number of rotatable bonds is 4. The number of methoxy groups -OCH3 is 1. The summed E-state index contributed by atoms with van der Waals surface area (Å²) in [5, 5.41) is 11.2. The van der Waals surface area contributed by atoms with Crippen molar-refractivity contribution in [2.75, 3.05) is 26.7 Å². The maximum absolute atomic E-state index is 11.5. The summed E-state index contributed by atoms with van der Waals surface area (Å²) < 4.78 is 4.69. The molecule has 0 bridgehead atoms. The van der Waals surface area contributed by atoms with Gasteiger partial charge in [0.25, 0.3) is 0 Å². The summed E-state index contributed by atoms with van der Waals surface area (Å²) in [6.45, 7) is 1.07. The molecule has 92 valence electrons. The lowest BCUT2D eigenvalue weighted by Gasteiger charge is -2.18. The van der Waals surface area contributed by atoms with E-state index in [1.54, 1.807) is 4.90 Å². The highest BCUT2D eigenvalue weighted by molar-refractivity contribution is 5.77. The van der Waals surface area contributed by atoms with E-state index in [4.69, 9.17) is 10.8 Å². The number of urea groups is 1. The number of carboxylic acids is 1. The molecule has 0 radical (unpaired) electrons. The first kappa shape index (κ1) is 12.7. The Morgan fingerprint density at radius 1 is 1.69 bits per heavy atom. The van der Waals surface area contributed by atoms with Crippen molar-refractivity contribution in [2.45, 2.75) is 18.6 Å². The van der Waals surface area contributed by atoms with Gasteiger partial charge in [0.2, 0.25) is 0 Å². The second-order valence-electron chi connectivity index (χ2n) is 3.74. The van der Waals surface area contributed by atoms with Gasteiger partial charge in [0.05, 0.1) is 6.54 Å². The Balaban J connectivity index is 2.32. The minimum Gasteiger partial charge on any atom is -0.479 e. The van der Waals surface area contributed by atoms with Crippen LogP contribution in [-0.2, 0) is 9.53 Å². The lowest BCUT2D eigenvalue weighted by molar-refractivity contribution is -0.148. The van der Waals surface area contributed by atoms with Gasteiger partial charge in [-0.15, -0.1) is 0 Å². The fraction of sp³-hybridized carbons (Fsp3) is 0.778. The van der Waals surface area contributed by atoms with Crippen molar-refractivity contribution in [2.24, 2.45) is 5.73 Å². The van der Waals surface area contributed by atoms with Crippen LogP contribution in [0.25, 0.3) is 0 Å². The van der Waals surface area contributed by atoms with E-state index in [1.807, 2.05) is 0 Å². The lowest BCUT2D eigenvalue weighted by Crippen LogP contribution is -2.44. The van der Waals surface area contributed by atoms with Crippen LogP contribution in [-0.4, -0.2) is 60.9 Å². The average Bonchev–Trinajstić information content (AvgIpc) is 2.65. The number of carboxylic acid groups (broad SMARTS) is 1. The molecule has 4 N–H and O–H groups in total. The molecule has 0 spiro atoms. The number of nitrogens with zero attached hydrogens (tertiary/aromatic N) is 1. The van der Waals surface area contributed by atoms with Crippen molar-refractivity contribution in [3.8, 4) is 0 Å². The molecule has 0 saturated carbocycles. The van der Waals surface area contributed by atoms with Crippen molar-refractivity contribution in [1.29, 1.82) is 0 Å². The zero-order chi connectivity index (χ0) is 12.1. The van der Waals surface area contributed by atoms with E-state index in [2.05, 4.69) is 10.1 Å². The Hall–Kier alpha value is -1.34. The Morgan fingerprint density at radius 2 is 2.38 bits per heavy atom. The van der Waals surface area contributed by atoms with Gasteiger partial charge in [0.15, 0.2) is 6.10 Å². The molecule has 1 saturated heterocycles. The predicted molar refractivity (Wildman–Crippen MR) is 56.0 cm³/mol. The van der Waals surface area contributed by atoms with E-state index >= 15 is 0 Å². The highest BCUT2D eigenvalue weighted by Crippen LogP contribution is 2.06. The van der Waals surface area contributed by atoms with Gasteiger partial charge in [-0.25, -0.2) is 9.59 Å². The maximum Gasteiger partial charge on any atom is 0.334 e. The molecule has 1 aliphatic heterocycles. The highest BCUT2D eigenvalue weighted by atomic mass is 16.5. The number of nitrogens with one attached hydrogen (secondary N) is 1. The smallest absolute Gasteiger partial charge is 0.334 e. The highest BCUT2D eigenvalue weighted by Gasteiger charge is 2.25. The fourth-order valence-corrected chi connectivity index (χ4v) is 1.54. The molecular formula is C9H17N3O4. The van der Waals surface area contributed by atoms with Crippen LogP contribution < -0.4 is 11.1 Å². The quantitative estimate of drug-likeness (QED) is 0.565. The van der Waals surface area contributed by atoms with Crippen molar-refractivity contribution < 1.29 is 19.4 Å². The zero-order valence-electron chi connectivity index (χ0n) is 9.18. The monoisotopic (exact) mass is 231 g/mol. The minimum absolute atomic E-state index is 0.0171. The average molecular weight is 231 g/mol. The minimum atomic E-state index is -1.10. The van der Waals surface area contributed by atoms with E-state index in [1.165, 1.54) is 7.11 Å². The van der Waals surface area contributed by atoms with Crippen molar-refractivity contribution in [3.63, 3.8) is 0 Å². The number of aliphatic carboxylic acids is 1. The normalized spacial score (nSPS) is 21.9. The maximum atomic E-state index is 11.5. The summed E-state index contributed by atoms with van der Waals surface area (Å²) in [6.07, 6.45) is -0.236. The molecule has 7 heteroatoms. The SMILES string of the molecule is COC(CNC(=O)N1CCC(N)C1)C(=O)O. The number of hydrogen-bond acceptors (Lipinski definition) is 4. The first-order valence-corrected chi connectivity index (χ1v) is 5.08. The van der Waals surface area contributed by atoms with Gasteiger partial charge in [0.1, 0.15) is 0 Å². The molecule has 7 nitrogen and oxygen atoms in total. The number of hydrogen-bond donors (Lipinski definition) is 3. The second kappa shape index (κ2) is 5.66. The van der Waals surface area contributed by atoms with Crippen molar-refractivity contribution in [3.05, 3.63) is 0 Å². The van der Waals surface area contributed by atoms with Gasteiger partial charge in [-0.3, -0.25) is 0 Å². The van der Waals surface area contributed by atoms with E-state index in [-0.39, 0.29) is 18.6 Å². The first-order chi connectivity index (χ1) is 7.54. The van der Waals surface area contributed by atoms with E-state index in [9.17, 15) is 9.59 Å². The number of nitrogens with two attached hydrogens (primary N) is 1. The van der Waals surface area contributed by atoms with Crippen LogP contribution in [0.3, 0.4) is 0 Å². The zero-order valence-corrected chi connectivity index (χ0v) is 9.18. The number of carbonyl (C=O) groups is 2. The fourth-order valence-electron chi connectivity index (χ4n) is 1.54. The van der Waals surface area contributed by atoms with E-state index in [0.29, 0.717) is 13.1 Å². The van der Waals surface area contributed by atoms with E-state index < -0.39 is 12.1 Å². The summed E-state index contributed by atoms with van der Waals surface area (Å²) in [6, 6.07) is -0.278. The van der Waals surface area contributed by atoms with Gasteiger partial charge in [-0.05, 0) is 6.42 Å². The summed E-state index contributed by atoms with van der Waals surface area (Å²) in [7, 11) is 1.29. The Morgan fingerprint density at radius 3 is 2.81 bits per heavy atom. The summed E-state index contributed by atoms with van der Waals surface area (Å²) in [5.74, 6) is -1.10. The molecule has 0 aromatic heterocycles. The topological polar surface area (TPSA) is 105 Å². The van der Waals surface area contributed by atoms with Crippen LogP contribution >= 0.6 is 0 Å². The molecule has 16 heavy (non-hydrogen) atoms. The molecule has 1 fully saturated rings. The molecule has 2 unspecified atom stereocenters. The Labute approximate surface area is 93.5 Å². The third kappa shape index (κ3) is 3.35. The van der Waals surface area contributed by atoms with Crippen LogP contribution in [0.15, 0.2) is 0 Å². The standard InChI is InChI=1S/C9H17N3O4/c1-16-7(8(13)14)4-11-9(15)12-3-2-6(10)5-12/h6-7H,2-5,10H2,1H3,(H,11,15)(H,13,14). The van der Waals surface area contributed by atoms with E-state index in [0.717, 1.165) is 6.42 Å². The summed E-state index contributed by atoms with van der Waals surface area (Å²) in [5.41, 5.74) is 5.65. The van der Waals surface area contributed by atoms with Crippen LogP contribution in [0.2, 0.25) is 0 Å². The predicted octanol–water partition coefficient (Wildman–Crippen LogP) is -1.17. The molecular weight excluding hydrogens is 214 g/mol. The van der Waals surface area contributed by atoms with Crippen LogP contribution in [0.5, 0.6) is 0 Å². The van der Waals surface area contributed by atoms with Gasteiger partial charge in [-0.1, -0.05) is 0 Å². The number of likely N-dealkylation sites (tertiary alicyclic amines) is 1. The largest absolute Gasteiger partial charge is 0.479 e. The third-order valence-electron chi connectivity index (χ3n) is 2.51. The first-order valence-electron chi connectivity index (χ1n) is 5.08. The van der Waals surface area contributed by atoms with Crippen molar-refractivity contribution >= 4 is 12.0 Å². The van der Waals surface area contributed by atoms with Gasteiger partial charge < -0.3 is 25.8 Å².